The van der Waals surface area contributed by atoms with Crippen molar-refractivity contribution in [3.63, 3.8) is 0 Å². The highest BCUT2D eigenvalue weighted by Gasteiger charge is 1.98. The second-order valence-corrected chi connectivity index (χ2v) is 2.13. The minimum Gasteiger partial charge on any atom is -0.369 e. The Morgan fingerprint density at radius 3 is 2.56 bits per heavy atom. The van der Waals surface area contributed by atoms with Crippen molar-refractivity contribution in [3.05, 3.63) is 0 Å². The molecular weight excluding hydrogens is 118 g/mol. The number of nitrogens with zero attached hydrogens (tertiary/aromatic N) is 1. The third-order valence-electron chi connectivity index (χ3n) is 0.842. The molecule has 0 spiro atoms. The van der Waals surface area contributed by atoms with Crippen LogP contribution in [0, 0.1) is 0 Å². The average Bonchev–Trinajstić information content (AvgIpc) is 1.63. The summed E-state index contributed by atoms with van der Waals surface area (Å²) < 4.78 is 4.78. The molecule has 0 saturated heterocycles. The SMILES string of the molecule is COCN(C)CC(C)=O. The molecule has 0 aliphatic carbocycles. The van der Waals surface area contributed by atoms with Crippen LogP contribution in [0.2, 0.25) is 0 Å². The predicted molar refractivity (Wildman–Crippen MR) is 35.2 cm³/mol. The van der Waals surface area contributed by atoms with E-state index in [0.717, 1.165) is 0 Å². The molecule has 0 aromatic rings. The second kappa shape index (κ2) is 4.47. The minimum absolute atomic E-state index is 0.162. The maximum absolute atomic E-state index is 10.4. The highest BCUT2D eigenvalue weighted by molar-refractivity contribution is 5.77. The van der Waals surface area contributed by atoms with Crippen LogP contribution in [0.1, 0.15) is 6.92 Å². The van der Waals surface area contributed by atoms with E-state index in [2.05, 4.69) is 0 Å². The molecule has 54 valence electrons. The van der Waals surface area contributed by atoms with Gasteiger partial charge >= 0.3 is 0 Å². The quantitative estimate of drug-likeness (QED) is 0.507. The van der Waals surface area contributed by atoms with Gasteiger partial charge in [0.15, 0.2) is 0 Å². The first-order valence-corrected chi connectivity index (χ1v) is 2.83. The molecule has 0 saturated carbocycles. The van der Waals surface area contributed by atoms with Gasteiger partial charge in [-0.25, -0.2) is 0 Å². The molecule has 3 nitrogen and oxygen atoms in total. The number of rotatable bonds is 4. The molecule has 0 aromatic carbocycles. The number of carbonyl (C=O) groups is 1. The first-order valence-electron chi connectivity index (χ1n) is 2.83. The number of hydrogen-bond acceptors (Lipinski definition) is 3. The summed E-state index contributed by atoms with van der Waals surface area (Å²) in [7, 11) is 3.45. The van der Waals surface area contributed by atoms with Crippen molar-refractivity contribution in [1.29, 1.82) is 0 Å². The molecule has 0 fully saturated rings. The van der Waals surface area contributed by atoms with Crippen LogP contribution in [0.5, 0.6) is 0 Å². The van der Waals surface area contributed by atoms with Crippen LogP contribution in [0.15, 0.2) is 0 Å². The van der Waals surface area contributed by atoms with Crippen LogP contribution < -0.4 is 0 Å². The Hall–Kier alpha value is -0.410. The number of ketones is 1. The first kappa shape index (κ1) is 8.59. The summed E-state index contributed by atoms with van der Waals surface area (Å²) in [6.07, 6.45) is 0. The normalized spacial score (nSPS) is 10.2. The van der Waals surface area contributed by atoms with E-state index in [1.54, 1.807) is 14.0 Å². The van der Waals surface area contributed by atoms with Gasteiger partial charge in [0.05, 0.1) is 13.3 Å². The number of Topliss-reactive ketones (excluding diaryl/α,β-unsaturated/α-hetero) is 1. The lowest BCUT2D eigenvalue weighted by Crippen LogP contribution is -2.26. The van der Waals surface area contributed by atoms with E-state index < -0.39 is 0 Å². The molecule has 3 heteroatoms. The van der Waals surface area contributed by atoms with Crippen molar-refractivity contribution in [1.82, 2.24) is 4.90 Å². The van der Waals surface area contributed by atoms with Crippen LogP contribution in [0.4, 0.5) is 0 Å². The molecule has 0 amide bonds. The molecule has 0 atom stereocenters. The van der Waals surface area contributed by atoms with Crippen LogP contribution in [0.3, 0.4) is 0 Å². The average molecular weight is 131 g/mol. The number of hydrogen-bond donors (Lipinski definition) is 0. The maximum Gasteiger partial charge on any atom is 0.143 e. The summed E-state index contributed by atoms with van der Waals surface area (Å²) in [5, 5.41) is 0. The van der Waals surface area contributed by atoms with Gasteiger partial charge in [-0.1, -0.05) is 0 Å². The van der Waals surface area contributed by atoms with Crippen molar-refractivity contribution >= 4 is 5.78 Å². The highest BCUT2D eigenvalue weighted by Crippen LogP contribution is 1.81. The van der Waals surface area contributed by atoms with Crippen LogP contribution in [-0.4, -0.2) is 38.1 Å². The van der Waals surface area contributed by atoms with Crippen LogP contribution in [-0.2, 0) is 9.53 Å². The Morgan fingerprint density at radius 2 is 2.22 bits per heavy atom. The van der Waals surface area contributed by atoms with Gasteiger partial charge in [0.1, 0.15) is 5.78 Å². The minimum atomic E-state index is 0.162. The molecule has 0 heterocycles. The topological polar surface area (TPSA) is 29.5 Å². The van der Waals surface area contributed by atoms with Crippen LogP contribution >= 0.6 is 0 Å². The fourth-order valence-electron chi connectivity index (χ4n) is 0.646. The fraction of sp³-hybridized carbons (Fsp3) is 0.833. The third kappa shape index (κ3) is 5.46. The number of likely N-dealkylation sites (N-methyl/N-ethyl adjacent to an activating group) is 1. The zero-order valence-electron chi connectivity index (χ0n) is 6.18. The second-order valence-electron chi connectivity index (χ2n) is 2.13. The van der Waals surface area contributed by atoms with Crippen molar-refractivity contribution in [2.75, 3.05) is 27.4 Å². The summed E-state index contributed by atoms with van der Waals surface area (Å²) in [5.41, 5.74) is 0. The van der Waals surface area contributed by atoms with E-state index in [1.807, 2.05) is 11.9 Å². The van der Waals surface area contributed by atoms with E-state index >= 15 is 0 Å². The standard InChI is InChI=1S/C6H13NO2/c1-6(8)4-7(2)5-9-3/h4-5H2,1-3H3. The predicted octanol–water partition coefficient (Wildman–Crippen LogP) is 0.111. The summed E-state index contributed by atoms with van der Waals surface area (Å²) in [6, 6.07) is 0. The molecule has 0 radical (unpaired) electrons. The summed E-state index contributed by atoms with van der Waals surface area (Å²) >= 11 is 0. The van der Waals surface area contributed by atoms with Crippen molar-refractivity contribution in [2.24, 2.45) is 0 Å². The van der Waals surface area contributed by atoms with Crippen molar-refractivity contribution in [3.8, 4) is 0 Å². The Kier molecular flexibility index (Phi) is 4.26. The molecule has 9 heavy (non-hydrogen) atoms. The lowest BCUT2D eigenvalue weighted by atomic mass is 10.4. The smallest absolute Gasteiger partial charge is 0.143 e. The van der Waals surface area contributed by atoms with E-state index in [4.69, 9.17) is 4.74 Å². The summed E-state index contributed by atoms with van der Waals surface area (Å²) in [4.78, 5) is 12.2. The van der Waals surface area contributed by atoms with E-state index in [9.17, 15) is 4.79 Å². The largest absolute Gasteiger partial charge is 0.369 e. The Bertz CT molecular complexity index is 93.1. The molecule has 0 rings (SSSR count). The van der Waals surface area contributed by atoms with Gasteiger partial charge in [0, 0.05) is 7.11 Å². The zero-order chi connectivity index (χ0) is 7.28. The summed E-state index contributed by atoms with van der Waals surface area (Å²) in [5.74, 6) is 0.162. The molecule has 0 bridgehead atoms. The lowest BCUT2D eigenvalue weighted by molar-refractivity contribution is -0.118. The van der Waals surface area contributed by atoms with Gasteiger partial charge in [0.25, 0.3) is 0 Å². The van der Waals surface area contributed by atoms with Gasteiger partial charge in [0.2, 0.25) is 0 Å². The van der Waals surface area contributed by atoms with Crippen molar-refractivity contribution in [2.45, 2.75) is 6.92 Å². The number of methoxy groups -OCH3 is 1. The lowest BCUT2D eigenvalue weighted by Gasteiger charge is -2.11. The first-order chi connectivity index (χ1) is 4.16. The number of ether oxygens (including phenoxy) is 1. The van der Waals surface area contributed by atoms with Gasteiger partial charge in [-0.05, 0) is 14.0 Å². The molecule has 0 aliphatic heterocycles. The van der Waals surface area contributed by atoms with E-state index in [-0.39, 0.29) is 5.78 Å². The fourth-order valence-corrected chi connectivity index (χ4v) is 0.646. The zero-order valence-corrected chi connectivity index (χ0v) is 6.18. The van der Waals surface area contributed by atoms with E-state index in [0.29, 0.717) is 13.3 Å². The molecule has 0 unspecified atom stereocenters. The highest BCUT2D eigenvalue weighted by atomic mass is 16.5. The van der Waals surface area contributed by atoms with Crippen LogP contribution in [0.25, 0.3) is 0 Å². The molecular formula is C6H13NO2. The van der Waals surface area contributed by atoms with Gasteiger partial charge < -0.3 is 4.74 Å². The van der Waals surface area contributed by atoms with Gasteiger partial charge in [-0.15, -0.1) is 0 Å². The third-order valence-corrected chi connectivity index (χ3v) is 0.842. The van der Waals surface area contributed by atoms with Crippen molar-refractivity contribution < 1.29 is 9.53 Å². The maximum atomic E-state index is 10.4. The summed E-state index contributed by atoms with van der Waals surface area (Å²) in [6.45, 7) is 2.54. The molecule has 0 N–H and O–H groups in total. The Morgan fingerprint density at radius 1 is 1.67 bits per heavy atom. The number of carbonyl (C=O) groups excluding carboxylic acids is 1. The van der Waals surface area contributed by atoms with E-state index in [1.165, 1.54) is 0 Å². The molecule has 0 aliphatic rings. The molecule has 0 aromatic heterocycles. The monoisotopic (exact) mass is 131 g/mol. The Labute approximate surface area is 55.6 Å². The van der Waals surface area contributed by atoms with Gasteiger partial charge in [-0.2, -0.15) is 0 Å². The van der Waals surface area contributed by atoms with Gasteiger partial charge in [-0.3, -0.25) is 9.69 Å². The Balaban J connectivity index is 3.26.